The quantitative estimate of drug-likeness (QED) is 0.325. The summed E-state index contributed by atoms with van der Waals surface area (Å²) < 4.78 is 31.1. The van der Waals surface area contributed by atoms with Gasteiger partial charge in [0.1, 0.15) is 12.4 Å². The monoisotopic (exact) mass is 498 g/mol. The smallest absolute Gasteiger partial charge is 0.209 e. The Morgan fingerprint density at radius 3 is 2.35 bits per heavy atom. The molecule has 0 bridgehead atoms. The molecule has 1 rings (SSSR count). The molecule has 0 saturated heterocycles. The lowest BCUT2D eigenvalue weighted by atomic mass is 10.1. The zero-order chi connectivity index (χ0) is 19.1. The summed E-state index contributed by atoms with van der Waals surface area (Å²) in [7, 11) is 0.331. The van der Waals surface area contributed by atoms with Crippen LogP contribution < -0.4 is 14.8 Å². The molecule has 0 radical (unpaired) electrons. The van der Waals surface area contributed by atoms with Gasteiger partial charge in [-0.15, -0.1) is 24.0 Å². The van der Waals surface area contributed by atoms with Gasteiger partial charge in [0.05, 0.1) is 12.8 Å². The number of nitrogens with one attached hydrogen (secondary N) is 2. The van der Waals surface area contributed by atoms with Crippen molar-refractivity contribution in [2.24, 2.45) is 4.99 Å². The molecule has 26 heavy (non-hydrogen) atoms. The van der Waals surface area contributed by atoms with E-state index in [1.165, 1.54) is 5.56 Å². The predicted molar refractivity (Wildman–Crippen MR) is 118 cm³/mol. The first-order chi connectivity index (χ1) is 11.5. The molecule has 0 aliphatic heterocycles. The first-order valence-electron chi connectivity index (χ1n) is 8.12. The van der Waals surface area contributed by atoms with Crippen molar-refractivity contribution >= 4 is 40.0 Å². The van der Waals surface area contributed by atoms with Crippen LogP contribution in [-0.4, -0.2) is 64.9 Å². The van der Waals surface area contributed by atoms with Crippen molar-refractivity contribution in [1.82, 2.24) is 14.9 Å². The summed E-state index contributed by atoms with van der Waals surface area (Å²) in [5.74, 6) is 1.51. The fourth-order valence-electron chi connectivity index (χ4n) is 2.26. The average molecular weight is 498 g/mol. The van der Waals surface area contributed by atoms with Crippen LogP contribution in [0.1, 0.15) is 19.4 Å². The van der Waals surface area contributed by atoms with Gasteiger partial charge < -0.3 is 15.0 Å². The number of ether oxygens (including phenoxy) is 1. The molecule has 2 N–H and O–H groups in total. The standard InChI is InChI=1S/C17H30N4O3S.HI/c1-14-7-9-15(10-8-14)24-12-11-21(5)16(18-4)19-13-17(2,3)20-25(6,22)23;/h7-10,20H,11-13H2,1-6H3,(H,18,19);1H. The maximum atomic E-state index is 11.4. The van der Waals surface area contributed by atoms with E-state index in [9.17, 15) is 8.42 Å². The van der Waals surface area contributed by atoms with Crippen molar-refractivity contribution in [2.45, 2.75) is 26.3 Å². The zero-order valence-corrected chi connectivity index (χ0v) is 19.5. The molecule has 9 heteroatoms. The molecule has 0 heterocycles. The van der Waals surface area contributed by atoms with E-state index in [1.54, 1.807) is 7.05 Å². The third-order valence-electron chi connectivity index (χ3n) is 3.44. The summed E-state index contributed by atoms with van der Waals surface area (Å²) in [6.45, 7) is 7.24. The number of aliphatic imine (C=N–C) groups is 1. The Hall–Kier alpha value is -1.07. The van der Waals surface area contributed by atoms with E-state index < -0.39 is 15.6 Å². The van der Waals surface area contributed by atoms with Gasteiger partial charge in [-0.25, -0.2) is 13.1 Å². The number of likely N-dealkylation sites (N-methyl/N-ethyl adjacent to an activating group) is 1. The Balaban J connectivity index is 0.00000625. The van der Waals surface area contributed by atoms with Gasteiger partial charge in [0.2, 0.25) is 10.0 Å². The molecule has 150 valence electrons. The predicted octanol–water partition coefficient (Wildman–Crippen LogP) is 1.83. The number of aryl methyl sites for hydroxylation is 1. The van der Waals surface area contributed by atoms with Crippen LogP contribution >= 0.6 is 24.0 Å². The summed E-state index contributed by atoms with van der Waals surface area (Å²) in [6.07, 6.45) is 1.15. The molecule has 1 aromatic carbocycles. The highest BCUT2D eigenvalue weighted by molar-refractivity contribution is 14.0. The van der Waals surface area contributed by atoms with Gasteiger partial charge in [-0.2, -0.15) is 0 Å². The Bertz CT molecular complexity index is 676. The highest BCUT2D eigenvalue weighted by Crippen LogP contribution is 2.11. The number of halogens is 1. The number of nitrogens with zero attached hydrogens (tertiary/aromatic N) is 2. The lowest BCUT2D eigenvalue weighted by molar-refractivity contribution is 0.280. The number of sulfonamides is 1. The topological polar surface area (TPSA) is 83.0 Å². The molecule has 7 nitrogen and oxygen atoms in total. The molecule has 0 aliphatic rings. The molecule has 0 fully saturated rings. The number of hydrogen-bond donors (Lipinski definition) is 2. The van der Waals surface area contributed by atoms with E-state index in [1.807, 2.05) is 57.0 Å². The van der Waals surface area contributed by atoms with Crippen LogP contribution in [0.2, 0.25) is 0 Å². The largest absolute Gasteiger partial charge is 0.492 e. The summed E-state index contributed by atoms with van der Waals surface area (Å²) in [5, 5.41) is 3.18. The summed E-state index contributed by atoms with van der Waals surface area (Å²) in [5.41, 5.74) is 0.572. The molecule has 0 saturated carbocycles. The molecule has 0 spiro atoms. The van der Waals surface area contributed by atoms with Gasteiger partial charge in [0, 0.05) is 26.2 Å². The Morgan fingerprint density at radius 2 is 1.85 bits per heavy atom. The van der Waals surface area contributed by atoms with E-state index in [4.69, 9.17) is 4.74 Å². The highest BCUT2D eigenvalue weighted by Gasteiger charge is 2.22. The van der Waals surface area contributed by atoms with Crippen LogP contribution in [0.25, 0.3) is 0 Å². The SMILES string of the molecule is CN=C(NCC(C)(C)NS(C)(=O)=O)N(C)CCOc1ccc(C)cc1.I. The Kier molecular flexibility index (Phi) is 10.5. The Morgan fingerprint density at radius 1 is 1.27 bits per heavy atom. The van der Waals surface area contributed by atoms with Crippen LogP contribution in [0.3, 0.4) is 0 Å². The molecular weight excluding hydrogens is 467 g/mol. The van der Waals surface area contributed by atoms with Crippen LogP contribution in [0.4, 0.5) is 0 Å². The van der Waals surface area contributed by atoms with Crippen molar-refractivity contribution in [3.8, 4) is 5.75 Å². The van der Waals surface area contributed by atoms with Crippen molar-refractivity contribution in [1.29, 1.82) is 0 Å². The van der Waals surface area contributed by atoms with Crippen molar-refractivity contribution in [2.75, 3.05) is 40.0 Å². The third kappa shape index (κ3) is 10.2. The summed E-state index contributed by atoms with van der Waals surface area (Å²) in [4.78, 5) is 6.16. The first-order valence-corrected chi connectivity index (χ1v) is 10.0. The van der Waals surface area contributed by atoms with Gasteiger partial charge in [-0.05, 0) is 32.9 Å². The lowest BCUT2D eigenvalue weighted by Crippen LogP contribution is -2.53. The maximum Gasteiger partial charge on any atom is 0.209 e. The minimum Gasteiger partial charge on any atom is -0.492 e. The molecule has 0 aromatic heterocycles. The van der Waals surface area contributed by atoms with Gasteiger partial charge in [-0.1, -0.05) is 17.7 Å². The third-order valence-corrected chi connectivity index (χ3v) is 4.36. The Labute approximate surface area is 174 Å². The van der Waals surface area contributed by atoms with Crippen LogP contribution in [0, 0.1) is 6.92 Å². The van der Waals surface area contributed by atoms with Gasteiger partial charge in [-0.3, -0.25) is 4.99 Å². The number of rotatable bonds is 8. The summed E-state index contributed by atoms with van der Waals surface area (Å²) >= 11 is 0. The highest BCUT2D eigenvalue weighted by atomic mass is 127. The van der Waals surface area contributed by atoms with Crippen molar-refractivity contribution in [3.05, 3.63) is 29.8 Å². The van der Waals surface area contributed by atoms with Gasteiger partial charge >= 0.3 is 0 Å². The van der Waals surface area contributed by atoms with E-state index in [0.717, 1.165) is 12.0 Å². The molecule has 0 unspecified atom stereocenters. The molecule has 1 aromatic rings. The normalized spacial score (nSPS) is 12.3. The first kappa shape index (κ1) is 24.9. The number of hydrogen-bond acceptors (Lipinski definition) is 4. The van der Waals surface area contributed by atoms with E-state index >= 15 is 0 Å². The summed E-state index contributed by atoms with van der Waals surface area (Å²) in [6, 6.07) is 7.91. The molecular formula is C17H31IN4O3S. The molecule has 0 atom stereocenters. The van der Waals surface area contributed by atoms with Crippen molar-refractivity contribution < 1.29 is 13.2 Å². The van der Waals surface area contributed by atoms with Gasteiger partial charge in [0.25, 0.3) is 0 Å². The van der Waals surface area contributed by atoms with Gasteiger partial charge in [0.15, 0.2) is 5.96 Å². The lowest BCUT2D eigenvalue weighted by Gasteiger charge is -2.29. The molecule has 0 aliphatic carbocycles. The van der Waals surface area contributed by atoms with Crippen LogP contribution in [-0.2, 0) is 10.0 Å². The van der Waals surface area contributed by atoms with E-state index in [-0.39, 0.29) is 24.0 Å². The maximum absolute atomic E-state index is 11.4. The van der Waals surface area contributed by atoms with E-state index in [0.29, 0.717) is 25.7 Å². The fraction of sp³-hybridized carbons (Fsp3) is 0.588. The van der Waals surface area contributed by atoms with Crippen LogP contribution in [0.5, 0.6) is 5.75 Å². The van der Waals surface area contributed by atoms with Crippen molar-refractivity contribution in [3.63, 3.8) is 0 Å². The average Bonchev–Trinajstić information content (AvgIpc) is 2.47. The number of benzene rings is 1. The minimum atomic E-state index is -3.27. The second-order valence-corrected chi connectivity index (χ2v) is 8.49. The zero-order valence-electron chi connectivity index (χ0n) is 16.4. The minimum absolute atomic E-state index is 0. The fourth-order valence-corrected chi connectivity index (χ4v) is 3.34. The molecule has 0 amide bonds. The van der Waals surface area contributed by atoms with Crippen LogP contribution in [0.15, 0.2) is 29.3 Å². The second-order valence-electron chi connectivity index (χ2n) is 6.74. The number of guanidine groups is 1. The van der Waals surface area contributed by atoms with E-state index in [2.05, 4.69) is 15.0 Å². The second kappa shape index (κ2) is 10.9.